The van der Waals surface area contributed by atoms with Crippen molar-refractivity contribution < 1.29 is 43.6 Å². The van der Waals surface area contributed by atoms with Gasteiger partial charge in [-0.1, -0.05) is 32.4 Å². The van der Waals surface area contributed by atoms with Gasteiger partial charge in [0.25, 0.3) is 0 Å². The Morgan fingerprint density at radius 1 is 1.06 bits per heavy atom. The first-order valence-electron chi connectivity index (χ1n) is 11.2. The van der Waals surface area contributed by atoms with Gasteiger partial charge in [-0.3, -0.25) is 19.2 Å². The molecular weight excluding hydrogens is 434 g/mol. The molecule has 2 N–H and O–H groups in total. The average Bonchev–Trinajstić information content (AvgIpc) is 2.75. The molecular formula is C23H39NO9. The minimum atomic E-state index is -1.33. The largest absolute Gasteiger partial charge is 0.481 e. The molecule has 0 amide bonds. The summed E-state index contributed by atoms with van der Waals surface area (Å²) in [5.74, 6) is -3.48. The maximum atomic E-state index is 12.9. The van der Waals surface area contributed by atoms with Crippen LogP contribution >= 0.6 is 0 Å². The number of carbonyl (C=O) groups is 4. The van der Waals surface area contributed by atoms with E-state index >= 15 is 0 Å². The smallest absolute Gasteiger partial charge is 0.312 e. The zero-order valence-corrected chi connectivity index (χ0v) is 20.2. The molecule has 0 spiro atoms. The maximum absolute atomic E-state index is 12.9. The standard InChI is InChI=1S/C23H39NO9/c1-5-6-7-8-13-31-20(28)17-23(3,16-18(2)21(29)32-15-12-25)22(30)33-14-11-24(4)10-9-19(26)27/h7-8,18,25H,5-6,9-17H2,1-4H3,(H,26,27)/b8-7+. The predicted octanol–water partition coefficient (Wildman–Crippen LogP) is 1.79. The van der Waals surface area contributed by atoms with Gasteiger partial charge in [-0.25, -0.2) is 0 Å². The highest BCUT2D eigenvalue weighted by molar-refractivity contribution is 5.84. The number of ether oxygens (including phenoxy) is 3. The van der Waals surface area contributed by atoms with E-state index < -0.39 is 35.2 Å². The number of carboxylic acid groups (broad SMARTS) is 1. The van der Waals surface area contributed by atoms with Crippen molar-refractivity contribution in [2.75, 3.05) is 46.6 Å². The minimum Gasteiger partial charge on any atom is -0.481 e. The molecule has 0 aliphatic heterocycles. The van der Waals surface area contributed by atoms with Crippen LogP contribution in [0, 0.1) is 11.3 Å². The van der Waals surface area contributed by atoms with Gasteiger partial charge >= 0.3 is 23.9 Å². The van der Waals surface area contributed by atoms with Gasteiger partial charge in [0, 0.05) is 13.1 Å². The molecule has 0 aromatic carbocycles. The first kappa shape index (κ1) is 30.5. The Hall–Kier alpha value is -2.46. The molecule has 33 heavy (non-hydrogen) atoms. The summed E-state index contributed by atoms with van der Waals surface area (Å²) in [7, 11) is 1.71. The van der Waals surface area contributed by atoms with Gasteiger partial charge in [0.1, 0.15) is 19.8 Å². The molecule has 0 saturated carbocycles. The van der Waals surface area contributed by atoms with E-state index in [9.17, 15) is 19.2 Å². The SMILES string of the molecule is CCC/C=C/COC(=O)CC(C)(CC(C)C(=O)OCCO)C(=O)OCCN(C)CCC(=O)O. The van der Waals surface area contributed by atoms with Crippen LogP contribution in [0.3, 0.4) is 0 Å². The number of hydrogen-bond donors (Lipinski definition) is 2. The Morgan fingerprint density at radius 2 is 1.76 bits per heavy atom. The van der Waals surface area contributed by atoms with Crippen molar-refractivity contribution in [2.45, 2.75) is 52.9 Å². The van der Waals surface area contributed by atoms with Crippen LogP contribution in [0.2, 0.25) is 0 Å². The van der Waals surface area contributed by atoms with Crippen LogP contribution < -0.4 is 0 Å². The fraction of sp³-hybridized carbons (Fsp3) is 0.739. The Kier molecular flexibility index (Phi) is 15.8. The maximum Gasteiger partial charge on any atom is 0.312 e. The molecule has 10 nitrogen and oxygen atoms in total. The van der Waals surface area contributed by atoms with Crippen LogP contribution in [0.1, 0.15) is 52.9 Å². The number of esters is 3. The minimum absolute atomic E-state index is 0.00266. The molecule has 0 fully saturated rings. The number of aliphatic hydroxyl groups excluding tert-OH is 1. The second-order valence-corrected chi connectivity index (χ2v) is 8.26. The van der Waals surface area contributed by atoms with Crippen molar-refractivity contribution in [3.05, 3.63) is 12.2 Å². The number of likely N-dealkylation sites (N-methyl/N-ethyl adjacent to an activating group) is 1. The number of aliphatic carboxylic acids is 1. The average molecular weight is 474 g/mol. The predicted molar refractivity (Wildman–Crippen MR) is 120 cm³/mol. The van der Waals surface area contributed by atoms with Crippen molar-refractivity contribution in [3.8, 4) is 0 Å². The fourth-order valence-corrected chi connectivity index (χ4v) is 3.01. The molecule has 190 valence electrons. The molecule has 2 unspecified atom stereocenters. The van der Waals surface area contributed by atoms with Gasteiger partial charge in [-0.2, -0.15) is 0 Å². The quantitative estimate of drug-likeness (QED) is 0.172. The number of unbranched alkanes of at least 4 members (excludes halogenated alkanes) is 1. The number of aliphatic hydroxyl groups is 1. The molecule has 0 rings (SSSR count). The second kappa shape index (κ2) is 17.1. The Labute approximate surface area is 195 Å². The van der Waals surface area contributed by atoms with Crippen LogP contribution in [-0.2, 0) is 33.4 Å². The highest BCUT2D eigenvalue weighted by Crippen LogP contribution is 2.33. The second-order valence-electron chi connectivity index (χ2n) is 8.26. The van der Waals surface area contributed by atoms with Crippen molar-refractivity contribution in [2.24, 2.45) is 11.3 Å². The van der Waals surface area contributed by atoms with Crippen molar-refractivity contribution in [1.29, 1.82) is 0 Å². The van der Waals surface area contributed by atoms with Gasteiger partial charge in [0.15, 0.2) is 0 Å². The van der Waals surface area contributed by atoms with Gasteiger partial charge in [-0.15, -0.1) is 0 Å². The molecule has 0 saturated heterocycles. The van der Waals surface area contributed by atoms with E-state index in [0.717, 1.165) is 12.8 Å². The number of carboxylic acids is 1. The summed E-state index contributed by atoms with van der Waals surface area (Å²) in [5.41, 5.74) is -1.33. The summed E-state index contributed by atoms with van der Waals surface area (Å²) in [6.45, 7) is 5.38. The molecule has 2 atom stereocenters. The van der Waals surface area contributed by atoms with Crippen molar-refractivity contribution in [3.63, 3.8) is 0 Å². The third-order valence-corrected chi connectivity index (χ3v) is 4.90. The van der Waals surface area contributed by atoms with Gasteiger partial charge in [-0.05, 0) is 26.8 Å². The topological polar surface area (TPSA) is 140 Å². The van der Waals surface area contributed by atoms with Crippen molar-refractivity contribution in [1.82, 2.24) is 4.90 Å². The highest BCUT2D eigenvalue weighted by Gasteiger charge is 2.41. The number of nitrogens with zero attached hydrogens (tertiary/aromatic N) is 1. The lowest BCUT2D eigenvalue weighted by molar-refractivity contribution is -0.165. The summed E-state index contributed by atoms with van der Waals surface area (Å²) >= 11 is 0. The lowest BCUT2D eigenvalue weighted by atomic mass is 9.78. The molecule has 0 aromatic rings. The Bertz CT molecular complexity index is 650. The lowest BCUT2D eigenvalue weighted by Gasteiger charge is -2.29. The summed E-state index contributed by atoms with van der Waals surface area (Å²) < 4.78 is 15.5. The monoisotopic (exact) mass is 473 g/mol. The molecule has 0 bridgehead atoms. The first-order chi connectivity index (χ1) is 15.6. The van der Waals surface area contributed by atoms with Crippen LogP contribution in [0.4, 0.5) is 0 Å². The summed E-state index contributed by atoms with van der Waals surface area (Å²) in [5, 5.41) is 17.6. The van der Waals surface area contributed by atoms with E-state index in [1.807, 2.05) is 13.0 Å². The number of rotatable bonds is 18. The third kappa shape index (κ3) is 14.3. The zero-order valence-electron chi connectivity index (χ0n) is 20.2. The highest BCUT2D eigenvalue weighted by atomic mass is 16.5. The van der Waals surface area contributed by atoms with E-state index in [1.165, 1.54) is 6.92 Å². The van der Waals surface area contributed by atoms with Crippen LogP contribution in [0.5, 0.6) is 0 Å². The number of allylic oxidation sites excluding steroid dienone is 1. The van der Waals surface area contributed by atoms with E-state index in [-0.39, 0.29) is 45.7 Å². The van der Waals surface area contributed by atoms with E-state index in [1.54, 1.807) is 24.9 Å². The normalized spacial score (nSPS) is 14.0. The lowest BCUT2D eigenvalue weighted by Crippen LogP contribution is -2.38. The molecule has 0 radical (unpaired) electrons. The summed E-state index contributed by atoms with van der Waals surface area (Å²) in [4.78, 5) is 49.8. The zero-order chi connectivity index (χ0) is 25.3. The Morgan fingerprint density at radius 3 is 2.36 bits per heavy atom. The third-order valence-electron chi connectivity index (χ3n) is 4.90. The molecule has 10 heteroatoms. The Balaban J connectivity index is 5.06. The van der Waals surface area contributed by atoms with E-state index in [4.69, 9.17) is 24.4 Å². The van der Waals surface area contributed by atoms with Gasteiger partial charge < -0.3 is 29.3 Å². The van der Waals surface area contributed by atoms with Crippen LogP contribution in [0.25, 0.3) is 0 Å². The first-order valence-corrected chi connectivity index (χ1v) is 11.2. The van der Waals surface area contributed by atoms with Crippen LogP contribution in [-0.4, -0.2) is 85.6 Å². The number of hydrogen-bond acceptors (Lipinski definition) is 9. The summed E-state index contributed by atoms with van der Waals surface area (Å²) in [6.07, 6.45) is 5.17. The van der Waals surface area contributed by atoms with E-state index in [2.05, 4.69) is 0 Å². The summed E-state index contributed by atoms with van der Waals surface area (Å²) in [6, 6.07) is 0. The molecule has 0 aromatic heterocycles. The van der Waals surface area contributed by atoms with Crippen molar-refractivity contribution >= 4 is 23.9 Å². The van der Waals surface area contributed by atoms with E-state index in [0.29, 0.717) is 13.1 Å². The number of carbonyl (C=O) groups excluding carboxylic acids is 3. The fourth-order valence-electron chi connectivity index (χ4n) is 3.01. The van der Waals surface area contributed by atoms with Gasteiger partial charge in [0.2, 0.25) is 0 Å². The van der Waals surface area contributed by atoms with Crippen LogP contribution in [0.15, 0.2) is 12.2 Å². The van der Waals surface area contributed by atoms with Gasteiger partial charge in [0.05, 0.1) is 30.8 Å². The molecule has 0 aliphatic rings. The molecule has 0 aliphatic carbocycles. The molecule has 0 heterocycles.